The second-order valence-electron chi connectivity index (χ2n) is 4.50. The van der Waals surface area contributed by atoms with Gasteiger partial charge in [-0.1, -0.05) is 13.8 Å². The van der Waals surface area contributed by atoms with E-state index < -0.39 is 12.0 Å². The molecule has 0 aliphatic heterocycles. The Hall–Kier alpha value is -1.92. The van der Waals surface area contributed by atoms with Crippen molar-refractivity contribution in [1.82, 2.24) is 20.1 Å². The number of carboxylic acids is 1. The summed E-state index contributed by atoms with van der Waals surface area (Å²) in [6, 6.07) is -0.826. The van der Waals surface area contributed by atoms with Crippen molar-refractivity contribution < 1.29 is 14.7 Å². The summed E-state index contributed by atoms with van der Waals surface area (Å²) in [5.74, 6) is -1.09. The molecule has 0 radical (unpaired) electrons. The molecule has 1 aromatic rings. The Morgan fingerprint density at radius 3 is 2.67 bits per heavy atom. The number of aromatic nitrogens is 3. The van der Waals surface area contributed by atoms with Gasteiger partial charge < -0.3 is 10.4 Å². The lowest BCUT2D eigenvalue weighted by molar-refractivity contribution is -0.142. The van der Waals surface area contributed by atoms with Crippen LogP contribution in [0.15, 0.2) is 12.7 Å². The number of nitrogens with zero attached hydrogens (tertiary/aromatic N) is 3. The van der Waals surface area contributed by atoms with Crippen LogP contribution in [0.5, 0.6) is 0 Å². The van der Waals surface area contributed by atoms with Crippen molar-refractivity contribution in [3.8, 4) is 0 Å². The molecule has 0 saturated carbocycles. The third-order valence-corrected chi connectivity index (χ3v) is 2.37. The molecule has 7 nitrogen and oxygen atoms in total. The topological polar surface area (TPSA) is 97.1 Å². The summed E-state index contributed by atoms with van der Waals surface area (Å²) < 4.78 is 1.53. The fraction of sp³-hybridized carbons (Fsp3) is 0.636. The van der Waals surface area contributed by atoms with E-state index in [0.29, 0.717) is 13.0 Å². The first-order valence-corrected chi connectivity index (χ1v) is 5.83. The molecule has 1 heterocycles. The van der Waals surface area contributed by atoms with Gasteiger partial charge in [0.2, 0.25) is 5.91 Å². The standard InChI is InChI=1S/C11H18N4O3/c1-8(2)5-9(11(17)18)14-10(16)3-4-15-7-12-6-13-15/h6-9H,3-5H2,1-2H3,(H,14,16)(H,17,18)/t9-/m0/s1. The predicted octanol–water partition coefficient (Wildman–Crippen LogP) is 0.284. The largest absolute Gasteiger partial charge is 0.480 e. The zero-order valence-electron chi connectivity index (χ0n) is 10.5. The molecule has 1 amide bonds. The van der Waals surface area contributed by atoms with Crippen LogP contribution in [-0.2, 0) is 16.1 Å². The van der Waals surface area contributed by atoms with E-state index in [4.69, 9.17) is 5.11 Å². The van der Waals surface area contributed by atoms with Crippen molar-refractivity contribution in [2.75, 3.05) is 0 Å². The number of amides is 1. The predicted molar refractivity (Wildman–Crippen MR) is 63.7 cm³/mol. The molecule has 0 spiro atoms. The quantitative estimate of drug-likeness (QED) is 0.728. The highest BCUT2D eigenvalue weighted by Gasteiger charge is 2.20. The molecule has 7 heteroatoms. The van der Waals surface area contributed by atoms with E-state index in [2.05, 4.69) is 15.4 Å². The second kappa shape index (κ2) is 6.73. The number of aliphatic carboxylic acids is 1. The van der Waals surface area contributed by atoms with Gasteiger partial charge in [0.25, 0.3) is 0 Å². The number of hydrogen-bond acceptors (Lipinski definition) is 4. The van der Waals surface area contributed by atoms with E-state index in [1.807, 2.05) is 13.8 Å². The molecule has 0 aromatic carbocycles. The average molecular weight is 254 g/mol. The van der Waals surface area contributed by atoms with Gasteiger partial charge in [0, 0.05) is 6.42 Å². The van der Waals surface area contributed by atoms with Gasteiger partial charge in [0.15, 0.2) is 0 Å². The third-order valence-electron chi connectivity index (χ3n) is 2.37. The molecule has 0 unspecified atom stereocenters. The van der Waals surface area contributed by atoms with Gasteiger partial charge in [-0.2, -0.15) is 5.10 Å². The van der Waals surface area contributed by atoms with Crippen LogP contribution in [0.2, 0.25) is 0 Å². The summed E-state index contributed by atoms with van der Waals surface area (Å²) in [5, 5.41) is 15.4. The Morgan fingerprint density at radius 2 is 2.17 bits per heavy atom. The minimum atomic E-state index is -1.00. The Bertz CT molecular complexity index is 389. The zero-order chi connectivity index (χ0) is 13.5. The van der Waals surface area contributed by atoms with Crippen LogP contribution in [0.1, 0.15) is 26.7 Å². The lowest BCUT2D eigenvalue weighted by atomic mass is 10.0. The number of rotatable bonds is 7. The van der Waals surface area contributed by atoms with Gasteiger partial charge in [0.05, 0.1) is 6.54 Å². The molecule has 2 N–H and O–H groups in total. The van der Waals surface area contributed by atoms with Crippen molar-refractivity contribution in [3.05, 3.63) is 12.7 Å². The molecule has 1 atom stereocenters. The van der Waals surface area contributed by atoms with E-state index >= 15 is 0 Å². The Kier molecular flexibility index (Phi) is 5.29. The molecule has 0 fully saturated rings. The normalized spacial score (nSPS) is 12.4. The summed E-state index contributed by atoms with van der Waals surface area (Å²) in [6.45, 7) is 4.22. The maximum absolute atomic E-state index is 11.6. The van der Waals surface area contributed by atoms with Crippen LogP contribution in [-0.4, -0.2) is 37.8 Å². The van der Waals surface area contributed by atoms with Gasteiger partial charge in [-0.05, 0) is 12.3 Å². The molecule has 0 bridgehead atoms. The molecule has 100 valence electrons. The van der Waals surface area contributed by atoms with E-state index in [9.17, 15) is 9.59 Å². The summed E-state index contributed by atoms with van der Waals surface area (Å²) in [4.78, 5) is 26.3. The molecule has 0 aliphatic rings. The van der Waals surface area contributed by atoms with Crippen LogP contribution in [0.3, 0.4) is 0 Å². The summed E-state index contributed by atoms with van der Waals surface area (Å²) >= 11 is 0. The Labute approximate surface area is 105 Å². The highest BCUT2D eigenvalue weighted by molar-refractivity contribution is 5.83. The van der Waals surface area contributed by atoms with Gasteiger partial charge in [0.1, 0.15) is 18.7 Å². The van der Waals surface area contributed by atoms with Gasteiger partial charge in [-0.15, -0.1) is 0 Å². The SMILES string of the molecule is CC(C)C[C@H](NC(=O)CCn1cncn1)C(=O)O. The third kappa shape index (κ3) is 4.94. The molecule has 0 saturated heterocycles. The van der Waals surface area contributed by atoms with Crippen LogP contribution < -0.4 is 5.32 Å². The number of aryl methyl sites for hydroxylation is 1. The number of carbonyl (C=O) groups is 2. The minimum absolute atomic E-state index is 0.186. The maximum Gasteiger partial charge on any atom is 0.326 e. The Balaban J connectivity index is 2.39. The maximum atomic E-state index is 11.6. The van der Waals surface area contributed by atoms with Crippen LogP contribution in [0.25, 0.3) is 0 Å². The van der Waals surface area contributed by atoms with Gasteiger partial charge >= 0.3 is 5.97 Å². The lowest BCUT2D eigenvalue weighted by Gasteiger charge is -2.16. The first kappa shape index (κ1) is 14.1. The van der Waals surface area contributed by atoms with Gasteiger partial charge in [-0.3, -0.25) is 9.48 Å². The van der Waals surface area contributed by atoms with Crippen LogP contribution in [0, 0.1) is 5.92 Å². The summed E-state index contributed by atoms with van der Waals surface area (Å²) in [6.07, 6.45) is 3.50. The lowest BCUT2D eigenvalue weighted by Crippen LogP contribution is -2.41. The van der Waals surface area contributed by atoms with E-state index in [-0.39, 0.29) is 18.2 Å². The molecular formula is C11H18N4O3. The van der Waals surface area contributed by atoms with Crippen molar-refractivity contribution in [2.45, 2.75) is 39.3 Å². The van der Waals surface area contributed by atoms with Crippen molar-refractivity contribution in [2.24, 2.45) is 5.92 Å². The number of hydrogen-bond donors (Lipinski definition) is 2. The first-order valence-electron chi connectivity index (χ1n) is 5.83. The average Bonchev–Trinajstić information content (AvgIpc) is 2.77. The van der Waals surface area contributed by atoms with Crippen molar-refractivity contribution in [1.29, 1.82) is 0 Å². The van der Waals surface area contributed by atoms with Crippen LogP contribution in [0.4, 0.5) is 0 Å². The highest BCUT2D eigenvalue weighted by Crippen LogP contribution is 2.05. The smallest absolute Gasteiger partial charge is 0.326 e. The zero-order valence-corrected chi connectivity index (χ0v) is 10.5. The molecule has 18 heavy (non-hydrogen) atoms. The first-order chi connectivity index (χ1) is 8.49. The summed E-state index contributed by atoms with van der Waals surface area (Å²) in [7, 11) is 0. The number of nitrogens with one attached hydrogen (secondary N) is 1. The fourth-order valence-electron chi connectivity index (χ4n) is 1.52. The number of carbonyl (C=O) groups excluding carboxylic acids is 1. The molecular weight excluding hydrogens is 236 g/mol. The molecule has 0 aliphatic carbocycles. The Morgan fingerprint density at radius 1 is 1.44 bits per heavy atom. The summed E-state index contributed by atoms with van der Waals surface area (Å²) in [5.41, 5.74) is 0. The fourth-order valence-corrected chi connectivity index (χ4v) is 1.52. The van der Waals surface area contributed by atoms with E-state index in [1.165, 1.54) is 17.3 Å². The van der Waals surface area contributed by atoms with Gasteiger partial charge in [-0.25, -0.2) is 9.78 Å². The van der Waals surface area contributed by atoms with Crippen LogP contribution >= 0.6 is 0 Å². The molecule has 1 aromatic heterocycles. The second-order valence-corrected chi connectivity index (χ2v) is 4.50. The van der Waals surface area contributed by atoms with E-state index in [0.717, 1.165) is 0 Å². The minimum Gasteiger partial charge on any atom is -0.480 e. The van der Waals surface area contributed by atoms with Crippen molar-refractivity contribution in [3.63, 3.8) is 0 Å². The van der Waals surface area contributed by atoms with Crippen molar-refractivity contribution >= 4 is 11.9 Å². The number of carboxylic acid groups (broad SMARTS) is 1. The highest BCUT2D eigenvalue weighted by atomic mass is 16.4. The van der Waals surface area contributed by atoms with E-state index in [1.54, 1.807) is 0 Å². The monoisotopic (exact) mass is 254 g/mol. The molecule has 1 rings (SSSR count).